The Labute approximate surface area is 113 Å². The summed E-state index contributed by atoms with van der Waals surface area (Å²) >= 11 is 3.33. The molecule has 2 nitrogen and oxygen atoms in total. The van der Waals surface area contributed by atoms with Gasteiger partial charge in [0.2, 0.25) is 0 Å². The predicted octanol–water partition coefficient (Wildman–Crippen LogP) is 4.51. The van der Waals surface area contributed by atoms with Crippen LogP contribution in [0.1, 0.15) is 11.1 Å². The van der Waals surface area contributed by atoms with Gasteiger partial charge in [-0.25, -0.2) is 4.39 Å². The third-order valence-electron chi connectivity index (χ3n) is 2.58. The highest BCUT2D eigenvalue weighted by molar-refractivity contribution is 9.10. The zero-order valence-corrected chi connectivity index (χ0v) is 11.3. The smallest absolute Gasteiger partial charge is 0.123 e. The van der Waals surface area contributed by atoms with Gasteiger partial charge in [-0.2, -0.15) is 5.26 Å². The Balaban J connectivity index is 2.41. The maximum Gasteiger partial charge on any atom is 0.123 e. The molecule has 0 saturated carbocycles. The second-order valence-electron chi connectivity index (χ2n) is 3.86. The second kappa shape index (κ2) is 5.19. The summed E-state index contributed by atoms with van der Waals surface area (Å²) in [5, 5.41) is 12.3. The summed E-state index contributed by atoms with van der Waals surface area (Å²) in [5.74, 6) is -0.271. The van der Waals surface area contributed by atoms with Gasteiger partial charge in [0.1, 0.15) is 11.9 Å². The number of hydrogen-bond donors (Lipinski definition) is 1. The summed E-state index contributed by atoms with van der Waals surface area (Å²) in [6.07, 6.45) is 0. The number of anilines is 2. The maximum absolute atomic E-state index is 13.0. The number of nitrogens with zero attached hydrogens (tertiary/aromatic N) is 1. The van der Waals surface area contributed by atoms with Gasteiger partial charge in [-0.05, 0) is 58.7 Å². The molecule has 0 atom stereocenters. The van der Waals surface area contributed by atoms with E-state index in [-0.39, 0.29) is 5.82 Å². The van der Waals surface area contributed by atoms with Crippen molar-refractivity contribution in [2.75, 3.05) is 5.32 Å². The Morgan fingerprint density at radius 1 is 1.22 bits per heavy atom. The van der Waals surface area contributed by atoms with Crippen molar-refractivity contribution in [2.45, 2.75) is 6.92 Å². The van der Waals surface area contributed by atoms with E-state index in [0.717, 1.165) is 15.7 Å². The van der Waals surface area contributed by atoms with E-state index in [1.54, 1.807) is 12.1 Å². The van der Waals surface area contributed by atoms with Crippen LogP contribution in [0.15, 0.2) is 40.9 Å². The molecule has 2 rings (SSSR count). The fourth-order valence-electron chi connectivity index (χ4n) is 1.65. The van der Waals surface area contributed by atoms with Gasteiger partial charge in [-0.1, -0.05) is 6.07 Å². The summed E-state index contributed by atoms with van der Waals surface area (Å²) in [7, 11) is 0. The Morgan fingerprint density at radius 2 is 2.00 bits per heavy atom. The van der Waals surface area contributed by atoms with E-state index < -0.39 is 0 Å². The van der Waals surface area contributed by atoms with E-state index in [1.807, 2.05) is 19.1 Å². The highest BCUT2D eigenvalue weighted by Gasteiger charge is 2.07. The Kier molecular flexibility index (Phi) is 3.63. The van der Waals surface area contributed by atoms with E-state index >= 15 is 0 Å². The van der Waals surface area contributed by atoms with Crippen molar-refractivity contribution in [1.29, 1.82) is 5.26 Å². The number of rotatable bonds is 2. The van der Waals surface area contributed by atoms with E-state index in [9.17, 15) is 4.39 Å². The molecule has 0 aliphatic carbocycles. The molecule has 0 saturated heterocycles. The van der Waals surface area contributed by atoms with Crippen LogP contribution >= 0.6 is 15.9 Å². The molecule has 0 aromatic heterocycles. The van der Waals surface area contributed by atoms with Gasteiger partial charge in [0.15, 0.2) is 0 Å². The molecule has 0 spiro atoms. The molecule has 0 heterocycles. The fourth-order valence-corrected chi connectivity index (χ4v) is 2.11. The largest absolute Gasteiger partial charge is 0.354 e. The molecule has 0 unspecified atom stereocenters. The van der Waals surface area contributed by atoms with Crippen LogP contribution in [0.3, 0.4) is 0 Å². The molecule has 0 radical (unpaired) electrons. The quantitative estimate of drug-likeness (QED) is 0.886. The highest BCUT2D eigenvalue weighted by atomic mass is 79.9. The highest BCUT2D eigenvalue weighted by Crippen LogP contribution is 2.28. The fraction of sp³-hybridized carbons (Fsp3) is 0.0714. The van der Waals surface area contributed by atoms with Crippen LogP contribution in [0.25, 0.3) is 0 Å². The van der Waals surface area contributed by atoms with E-state index in [1.165, 1.54) is 12.1 Å². The van der Waals surface area contributed by atoms with Gasteiger partial charge in [0.05, 0.1) is 11.3 Å². The minimum atomic E-state index is -0.271. The zero-order valence-electron chi connectivity index (χ0n) is 9.67. The lowest BCUT2D eigenvalue weighted by Gasteiger charge is -2.11. The monoisotopic (exact) mass is 304 g/mol. The number of hydrogen-bond acceptors (Lipinski definition) is 2. The predicted molar refractivity (Wildman–Crippen MR) is 73.3 cm³/mol. The van der Waals surface area contributed by atoms with E-state index in [2.05, 4.69) is 27.3 Å². The molecule has 18 heavy (non-hydrogen) atoms. The van der Waals surface area contributed by atoms with Crippen molar-refractivity contribution < 1.29 is 4.39 Å². The Hall–Kier alpha value is -1.86. The lowest BCUT2D eigenvalue weighted by molar-refractivity contribution is 0.627. The number of aryl methyl sites for hydroxylation is 1. The van der Waals surface area contributed by atoms with Crippen molar-refractivity contribution in [3.05, 3.63) is 57.8 Å². The van der Waals surface area contributed by atoms with Gasteiger partial charge in [-0.3, -0.25) is 0 Å². The first-order valence-electron chi connectivity index (χ1n) is 5.33. The molecule has 0 fully saturated rings. The number of benzene rings is 2. The average Bonchev–Trinajstić information content (AvgIpc) is 2.33. The van der Waals surface area contributed by atoms with Crippen LogP contribution in [0.4, 0.5) is 15.8 Å². The second-order valence-corrected chi connectivity index (χ2v) is 4.71. The summed E-state index contributed by atoms with van der Waals surface area (Å²) in [6, 6.07) is 12.1. The molecule has 4 heteroatoms. The van der Waals surface area contributed by atoms with Crippen LogP contribution in [-0.4, -0.2) is 0 Å². The van der Waals surface area contributed by atoms with Crippen LogP contribution in [0.2, 0.25) is 0 Å². The summed E-state index contributed by atoms with van der Waals surface area (Å²) in [4.78, 5) is 0. The van der Waals surface area contributed by atoms with Gasteiger partial charge in [-0.15, -0.1) is 0 Å². The minimum Gasteiger partial charge on any atom is -0.354 e. The zero-order chi connectivity index (χ0) is 13.1. The first-order chi connectivity index (χ1) is 8.61. The van der Waals surface area contributed by atoms with Gasteiger partial charge in [0.25, 0.3) is 0 Å². The molecular weight excluding hydrogens is 295 g/mol. The SMILES string of the molecule is Cc1cc(F)ccc1Nc1cccc(Br)c1C#N. The van der Waals surface area contributed by atoms with Crippen molar-refractivity contribution in [1.82, 2.24) is 0 Å². The molecule has 2 aromatic rings. The normalized spacial score (nSPS) is 9.89. The molecule has 0 aliphatic rings. The summed E-state index contributed by atoms with van der Waals surface area (Å²) in [6.45, 7) is 1.81. The first-order valence-corrected chi connectivity index (χ1v) is 6.13. The summed E-state index contributed by atoms with van der Waals surface area (Å²) in [5.41, 5.74) is 2.80. The first kappa shape index (κ1) is 12.6. The Morgan fingerprint density at radius 3 is 2.67 bits per heavy atom. The van der Waals surface area contributed by atoms with E-state index in [0.29, 0.717) is 11.3 Å². The molecular formula is C14H10BrFN2. The average molecular weight is 305 g/mol. The van der Waals surface area contributed by atoms with Crippen molar-refractivity contribution >= 4 is 27.3 Å². The lowest BCUT2D eigenvalue weighted by atomic mass is 10.1. The lowest BCUT2D eigenvalue weighted by Crippen LogP contribution is -1.96. The topological polar surface area (TPSA) is 35.8 Å². The molecule has 2 aromatic carbocycles. The maximum atomic E-state index is 13.0. The molecule has 0 aliphatic heterocycles. The third-order valence-corrected chi connectivity index (χ3v) is 3.24. The van der Waals surface area contributed by atoms with Gasteiger partial charge < -0.3 is 5.32 Å². The molecule has 1 N–H and O–H groups in total. The molecule has 0 bridgehead atoms. The van der Waals surface area contributed by atoms with Crippen molar-refractivity contribution in [2.24, 2.45) is 0 Å². The van der Waals surface area contributed by atoms with Crippen molar-refractivity contribution in [3.63, 3.8) is 0 Å². The molecule has 90 valence electrons. The van der Waals surface area contributed by atoms with Crippen LogP contribution in [0, 0.1) is 24.1 Å². The Bertz CT molecular complexity index is 632. The van der Waals surface area contributed by atoms with Crippen LogP contribution < -0.4 is 5.32 Å². The van der Waals surface area contributed by atoms with Crippen LogP contribution in [0.5, 0.6) is 0 Å². The van der Waals surface area contributed by atoms with Gasteiger partial charge in [0, 0.05) is 10.2 Å². The molecule has 0 amide bonds. The minimum absolute atomic E-state index is 0.271. The van der Waals surface area contributed by atoms with E-state index in [4.69, 9.17) is 5.26 Å². The van der Waals surface area contributed by atoms with Crippen molar-refractivity contribution in [3.8, 4) is 6.07 Å². The number of nitrogens with one attached hydrogen (secondary N) is 1. The number of halogens is 2. The third kappa shape index (κ3) is 2.52. The summed E-state index contributed by atoms with van der Waals surface area (Å²) < 4.78 is 13.7. The number of nitriles is 1. The van der Waals surface area contributed by atoms with Crippen LogP contribution in [-0.2, 0) is 0 Å². The standard InChI is InChI=1S/C14H10BrFN2/c1-9-7-10(16)5-6-13(9)18-14-4-2-3-12(15)11(14)8-17/h2-7,18H,1H3. The van der Waals surface area contributed by atoms with Gasteiger partial charge >= 0.3 is 0 Å².